The van der Waals surface area contributed by atoms with Crippen LogP contribution in [0.2, 0.25) is 0 Å². The van der Waals surface area contributed by atoms with Crippen molar-refractivity contribution in [3.63, 3.8) is 0 Å². The Balaban J connectivity index is 1.02. The lowest BCUT2D eigenvalue weighted by Gasteiger charge is -2.36. The molecule has 0 radical (unpaired) electrons. The first-order valence-corrected chi connectivity index (χ1v) is 21.9. The molecular weight excluding hydrogens is 791 g/mol. The summed E-state index contributed by atoms with van der Waals surface area (Å²) in [6.07, 6.45) is 1.69. The Morgan fingerprint density at radius 2 is 1.71 bits per heavy atom. The number of sulfonamides is 1. The number of ether oxygens (including phenoxy) is 1. The molecule has 2 aliphatic heterocycles. The normalized spacial score (nSPS) is 16.3. The molecule has 0 aliphatic carbocycles. The van der Waals surface area contributed by atoms with Gasteiger partial charge >= 0.3 is 6.09 Å². The molecule has 3 heterocycles. The predicted molar refractivity (Wildman–Crippen MR) is 233 cm³/mol. The number of cyclic esters (lactones) is 1. The smallest absolute Gasteiger partial charge is 0.415 e. The molecule has 310 valence electrons. The van der Waals surface area contributed by atoms with Gasteiger partial charge in [0.2, 0.25) is 0 Å². The molecular formula is C42H49N9O6S2. The van der Waals surface area contributed by atoms with Crippen molar-refractivity contribution in [2.75, 3.05) is 79.0 Å². The standard InChI is InChI=1S/C42H49N9O6S2/c1-42(2)28-50(41(52)57-42)38-13-9-8-10-30(38)26-48-20-22-49(23-21-48)32-14-16-35-37(24-32)43-29-44-40(35)46-59(55,56)34-15-17-36(39(25-34)51(53)54)45-31(18-19-47(3)4)27-58-33-11-6-5-7-12-33/h5-17,24-25,29,31,45H,18-23,26-28H2,1-4H3,(H,43,44,46)/t31-/m1/s1. The van der Waals surface area contributed by atoms with E-state index < -0.39 is 20.5 Å². The molecule has 2 saturated heterocycles. The SMILES string of the molecule is CN(C)CC[C@H](CSc1ccccc1)Nc1ccc(S(=O)(=O)Nc2ncnc3cc(N4CCN(Cc5ccccc5N5CC(C)(C)OC5=O)CC4)ccc23)cc1[N+](=O)[O-]. The van der Waals surface area contributed by atoms with Crippen molar-refractivity contribution in [3.05, 3.63) is 113 Å². The Kier molecular flexibility index (Phi) is 12.6. The summed E-state index contributed by atoms with van der Waals surface area (Å²) in [7, 11) is -0.339. The number of para-hydroxylation sites is 1. The number of thioether (sulfide) groups is 1. The maximum atomic E-state index is 13.7. The van der Waals surface area contributed by atoms with Crippen molar-refractivity contribution in [3.8, 4) is 0 Å². The lowest BCUT2D eigenvalue weighted by molar-refractivity contribution is -0.384. The molecule has 4 aromatic carbocycles. The summed E-state index contributed by atoms with van der Waals surface area (Å²) in [5.41, 5.74) is 2.79. The number of piperazine rings is 1. The fraction of sp³-hybridized carbons (Fsp3) is 0.357. The van der Waals surface area contributed by atoms with Crippen molar-refractivity contribution in [2.24, 2.45) is 0 Å². The van der Waals surface area contributed by atoms with Gasteiger partial charge in [0.05, 0.1) is 27.6 Å². The highest BCUT2D eigenvalue weighted by Crippen LogP contribution is 2.34. The summed E-state index contributed by atoms with van der Waals surface area (Å²) in [5, 5.41) is 16.1. The van der Waals surface area contributed by atoms with Crippen LogP contribution < -0.4 is 19.8 Å². The minimum atomic E-state index is -4.28. The van der Waals surface area contributed by atoms with Gasteiger partial charge in [0.15, 0.2) is 5.82 Å². The zero-order valence-electron chi connectivity index (χ0n) is 33.6. The zero-order chi connectivity index (χ0) is 41.7. The minimum absolute atomic E-state index is 0.0712. The number of rotatable bonds is 16. The van der Waals surface area contributed by atoms with Gasteiger partial charge in [-0.25, -0.2) is 23.2 Å². The molecule has 7 rings (SSSR count). The van der Waals surface area contributed by atoms with Gasteiger partial charge in [-0.1, -0.05) is 36.4 Å². The largest absolute Gasteiger partial charge is 0.441 e. The van der Waals surface area contributed by atoms with Gasteiger partial charge in [-0.3, -0.25) is 24.6 Å². The number of carbonyl (C=O) groups is 1. The average Bonchev–Trinajstić information content (AvgIpc) is 3.50. The quantitative estimate of drug-likeness (QED) is 0.0598. The van der Waals surface area contributed by atoms with Crippen LogP contribution in [0.1, 0.15) is 25.8 Å². The second-order valence-electron chi connectivity index (χ2n) is 15.6. The molecule has 0 unspecified atom stereocenters. The van der Waals surface area contributed by atoms with E-state index in [0.717, 1.165) is 67.0 Å². The fourth-order valence-corrected chi connectivity index (χ4v) is 9.31. The first-order valence-electron chi connectivity index (χ1n) is 19.5. The second-order valence-corrected chi connectivity index (χ2v) is 18.4. The molecule has 17 heteroatoms. The number of nitro groups is 1. The molecule has 2 fully saturated rings. The Bertz CT molecular complexity index is 2410. The van der Waals surface area contributed by atoms with E-state index in [4.69, 9.17) is 4.74 Å². The Hall–Kier alpha value is -5.49. The highest BCUT2D eigenvalue weighted by molar-refractivity contribution is 7.99. The van der Waals surface area contributed by atoms with Crippen LogP contribution in [0, 0.1) is 10.1 Å². The van der Waals surface area contributed by atoms with Crippen LogP contribution in [0.25, 0.3) is 10.9 Å². The lowest BCUT2D eigenvalue weighted by Crippen LogP contribution is -2.46. The molecule has 2 N–H and O–H groups in total. The molecule has 0 saturated carbocycles. The van der Waals surface area contributed by atoms with Crippen LogP contribution in [-0.4, -0.2) is 110 Å². The maximum absolute atomic E-state index is 13.7. The van der Waals surface area contributed by atoms with Crippen LogP contribution in [-0.2, 0) is 21.3 Å². The number of fused-ring (bicyclic) bond motifs is 1. The molecule has 0 bridgehead atoms. The maximum Gasteiger partial charge on any atom is 0.415 e. The van der Waals surface area contributed by atoms with Crippen molar-refractivity contribution in [2.45, 2.75) is 48.2 Å². The van der Waals surface area contributed by atoms with E-state index >= 15 is 0 Å². The monoisotopic (exact) mass is 839 g/mol. The fourth-order valence-electron chi connectivity index (χ4n) is 7.27. The number of aromatic nitrogens is 2. The number of hydrogen-bond donors (Lipinski definition) is 2. The third kappa shape index (κ3) is 10.2. The number of nitrogens with zero attached hydrogens (tertiary/aromatic N) is 7. The molecule has 1 amide bonds. The van der Waals surface area contributed by atoms with Crippen LogP contribution in [0.5, 0.6) is 0 Å². The van der Waals surface area contributed by atoms with Gasteiger partial charge in [-0.15, -0.1) is 11.8 Å². The molecule has 5 aromatic rings. The Labute approximate surface area is 349 Å². The highest BCUT2D eigenvalue weighted by Gasteiger charge is 2.39. The topological polar surface area (TPSA) is 166 Å². The van der Waals surface area contributed by atoms with Crippen molar-refractivity contribution >= 4 is 67.3 Å². The van der Waals surface area contributed by atoms with Crippen LogP contribution >= 0.6 is 11.8 Å². The van der Waals surface area contributed by atoms with Gasteiger partial charge in [-0.2, -0.15) is 0 Å². The Morgan fingerprint density at radius 1 is 0.966 bits per heavy atom. The van der Waals surface area contributed by atoms with Gasteiger partial charge in [0.1, 0.15) is 17.6 Å². The molecule has 1 atom stereocenters. The van der Waals surface area contributed by atoms with Gasteiger partial charge in [0.25, 0.3) is 15.7 Å². The lowest BCUT2D eigenvalue weighted by atomic mass is 10.1. The van der Waals surface area contributed by atoms with Crippen molar-refractivity contribution in [1.29, 1.82) is 0 Å². The number of amides is 1. The van der Waals surface area contributed by atoms with E-state index in [1.807, 2.05) is 88.6 Å². The second kappa shape index (κ2) is 17.8. The van der Waals surface area contributed by atoms with Crippen molar-refractivity contribution in [1.82, 2.24) is 19.8 Å². The summed E-state index contributed by atoms with van der Waals surface area (Å²) in [6, 6.07) is 27.3. The summed E-state index contributed by atoms with van der Waals surface area (Å²) < 4.78 is 35.6. The van der Waals surface area contributed by atoms with Gasteiger partial charge < -0.3 is 19.9 Å². The van der Waals surface area contributed by atoms with Crippen LogP contribution in [0.4, 0.5) is 33.4 Å². The summed E-state index contributed by atoms with van der Waals surface area (Å²) in [6.45, 7) is 8.86. The molecule has 0 spiro atoms. The number of benzene rings is 4. The number of anilines is 4. The molecule has 15 nitrogen and oxygen atoms in total. The van der Waals surface area contributed by atoms with Gasteiger partial charge in [0, 0.05) is 66.6 Å². The Morgan fingerprint density at radius 3 is 2.42 bits per heavy atom. The van der Waals surface area contributed by atoms with Crippen LogP contribution in [0.15, 0.2) is 107 Å². The van der Waals surface area contributed by atoms with Crippen LogP contribution in [0.3, 0.4) is 0 Å². The summed E-state index contributed by atoms with van der Waals surface area (Å²) >= 11 is 1.65. The highest BCUT2D eigenvalue weighted by atomic mass is 32.2. The molecule has 1 aromatic heterocycles. The van der Waals surface area contributed by atoms with E-state index in [0.29, 0.717) is 29.7 Å². The van der Waals surface area contributed by atoms with E-state index in [1.54, 1.807) is 22.7 Å². The van der Waals surface area contributed by atoms with E-state index in [2.05, 4.69) is 40.8 Å². The van der Waals surface area contributed by atoms with Crippen molar-refractivity contribution < 1.29 is 22.9 Å². The van der Waals surface area contributed by atoms with E-state index in [1.165, 1.54) is 18.5 Å². The van der Waals surface area contributed by atoms with E-state index in [9.17, 15) is 23.3 Å². The third-order valence-electron chi connectivity index (χ3n) is 10.3. The minimum Gasteiger partial charge on any atom is -0.441 e. The number of carbonyl (C=O) groups excluding carboxylic acids is 1. The number of hydrogen-bond acceptors (Lipinski definition) is 13. The number of nitro benzene ring substituents is 1. The molecule has 2 aliphatic rings. The predicted octanol–water partition coefficient (Wildman–Crippen LogP) is 6.92. The summed E-state index contributed by atoms with van der Waals surface area (Å²) in [5.74, 6) is 0.727. The van der Waals surface area contributed by atoms with Gasteiger partial charge in [-0.05, 0) is 95.0 Å². The first kappa shape index (κ1) is 41.7. The third-order valence-corrected chi connectivity index (χ3v) is 12.9. The average molecular weight is 840 g/mol. The summed E-state index contributed by atoms with van der Waals surface area (Å²) in [4.78, 5) is 42.3. The van der Waals surface area contributed by atoms with E-state index in [-0.39, 0.29) is 34.2 Å². The zero-order valence-corrected chi connectivity index (χ0v) is 35.2. The first-order chi connectivity index (χ1) is 28.2. The molecule has 59 heavy (non-hydrogen) atoms. The number of nitrogens with one attached hydrogen (secondary N) is 2.